The van der Waals surface area contributed by atoms with Gasteiger partial charge in [0, 0.05) is 31.9 Å². The highest BCUT2D eigenvalue weighted by Gasteiger charge is 2.24. The van der Waals surface area contributed by atoms with Crippen molar-refractivity contribution in [2.75, 3.05) is 18.5 Å². The Hall–Kier alpha value is -1.69. The molecule has 1 amide bonds. The van der Waals surface area contributed by atoms with Crippen LogP contribution < -0.4 is 5.32 Å². The Kier molecular flexibility index (Phi) is 4.65. The lowest BCUT2D eigenvalue weighted by atomic mass is 9.98. The third kappa shape index (κ3) is 3.53. The first kappa shape index (κ1) is 15.8. The van der Waals surface area contributed by atoms with Gasteiger partial charge in [-0.1, -0.05) is 6.07 Å². The lowest BCUT2D eigenvalue weighted by Crippen LogP contribution is -2.30. The van der Waals surface area contributed by atoms with Gasteiger partial charge in [-0.25, -0.2) is 0 Å². The van der Waals surface area contributed by atoms with Crippen LogP contribution in [-0.2, 0) is 29.0 Å². The molecule has 5 heteroatoms. The van der Waals surface area contributed by atoms with Crippen LogP contribution in [0.3, 0.4) is 0 Å². The molecule has 4 nitrogen and oxygen atoms in total. The Morgan fingerprint density at radius 1 is 1.33 bits per heavy atom. The van der Waals surface area contributed by atoms with Crippen molar-refractivity contribution in [1.82, 2.24) is 4.90 Å². The van der Waals surface area contributed by atoms with Crippen LogP contribution >= 0.6 is 11.3 Å². The van der Waals surface area contributed by atoms with Gasteiger partial charge in [0.15, 0.2) is 0 Å². The van der Waals surface area contributed by atoms with Gasteiger partial charge < -0.3 is 10.1 Å². The molecular weight excluding hydrogens is 320 g/mol. The molecule has 0 radical (unpaired) electrons. The molecule has 1 unspecified atom stereocenters. The highest BCUT2D eigenvalue weighted by atomic mass is 32.1. The summed E-state index contributed by atoms with van der Waals surface area (Å²) in [5.41, 5.74) is 4.98. The molecule has 2 aliphatic rings. The summed E-state index contributed by atoms with van der Waals surface area (Å²) >= 11 is 1.75. The van der Waals surface area contributed by atoms with E-state index in [9.17, 15) is 4.79 Å². The zero-order valence-corrected chi connectivity index (χ0v) is 14.5. The number of nitrogens with zero attached hydrogens (tertiary/aromatic N) is 1. The SMILES string of the molecule is O=C(Nc1ccc2c(c1)CN(Cc1ccsc1)CC2)C1CCCO1. The van der Waals surface area contributed by atoms with Gasteiger partial charge in [-0.05, 0) is 64.9 Å². The molecule has 0 aliphatic carbocycles. The molecule has 0 spiro atoms. The van der Waals surface area contributed by atoms with Crippen molar-refractivity contribution in [2.24, 2.45) is 0 Å². The van der Waals surface area contributed by atoms with Gasteiger partial charge >= 0.3 is 0 Å². The maximum atomic E-state index is 12.2. The second-order valence-electron chi connectivity index (χ2n) is 6.57. The van der Waals surface area contributed by atoms with E-state index in [1.165, 1.54) is 16.7 Å². The first-order valence-electron chi connectivity index (χ1n) is 8.55. The summed E-state index contributed by atoms with van der Waals surface area (Å²) in [4.78, 5) is 14.7. The summed E-state index contributed by atoms with van der Waals surface area (Å²) in [6.07, 6.45) is 2.58. The highest BCUT2D eigenvalue weighted by Crippen LogP contribution is 2.25. The second-order valence-corrected chi connectivity index (χ2v) is 7.35. The number of thiophene rings is 1. The normalized spacial score (nSPS) is 20.8. The average molecular weight is 342 g/mol. The van der Waals surface area contributed by atoms with E-state index in [-0.39, 0.29) is 12.0 Å². The second kappa shape index (κ2) is 7.05. The minimum Gasteiger partial charge on any atom is -0.368 e. The summed E-state index contributed by atoms with van der Waals surface area (Å²) in [5, 5.41) is 7.36. The summed E-state index contributed by atoms with van der Waals surface area (Å²) in [6.45, 7) is 3.72. The molecule has 1 aromatic heterocycles. The van der Waals surface area contributed by atoms with Crippen molar-refractivity contribution >= 4 is 22.9 Å². The minimum atomic E-state index is -0.281. The predicted molar refractivity (Wildman–Crippen MR) is 96.2 cm³/mol. The van der Waals surface area contributed by atoms with Gasteiger partial charge in [0.05, 0.1) is 0 Å². The minimum absolute atomic E-state index is 0.0154. The fourth-order valence-corrected chi connectivity index (χ4v) is 4.14. The largest absolute Gasteiger partial charge is 0.368 e. The van der Waals surface area contributed by atoms with Crippen LogP contribution in [-0.4, -0.2) is 30.1 Å². The Balaban J connectivity index is 1.43. The molecule has 1 N–H and O–H groups in total. The summed E-state index contributed by atoms with van der Waals surface area (Å²) in [6, 6.07) is 8.49. The third-order valence-electron chi connectivity index (χ3n) is 4.77. The lowest BCUT2D eigenvalue weighted by molar-refractivity contribution is -0.124. The summed E-state index contributed by atoms with van der Waals surface area (Å²) in [7, 11) is 0. The van der Waals surface area contributed by atoms with Gasteiger partial charge in [0.2, 0.25) is 0 Å². The molecule has 1 fully saturated rings. The van der Waals surface area contributed by atoms with E-state index >= 15 is 0 Å². The van der Waals surface area contributed by atoms with E-state index in [4.69, 9.17) is 4.74 Å². The maximum absolute atomic E-state index is 12.2. The third-order valence-corrected chi connectivity index (χ3v) is 5.51. The van der Waals surface area contributed by atoms with Crippen LogP contribution in [0.4, 0.5) is 5.69 Å². The Labute approximate surface area is 146 Å². The van der Waals surface area contributed by atoms with Crippen LogP contribution in [0.5, 0.6) is 0 Å². The Morgan fingerprint density at radius 2 is 2.29 bits per heavy atom. The standard InChI is InChI=1S/C19H22N2O2S/c22-19(18-2-1-8-23-18)20-17-4-3-15-5-7-21(12-16(15)10-17)11-14-6-9-24-13-14/h3-4,6,9-10,13,18H,1-2,5,7-8,11-12H2,(H,20,22). The van der Waals surface area contributed by atoms with Gasteiger partial charge in [-0.3, -0.25) is 9.69 Å². The van der Waals surface area contributed by atoms with Crippen LogP contribution in [0.2, 0.25) is 0 Å². The summed E-state index contributed by atoms with van der Waals surface area (Å²) < 4.78 is 5.46. The Bertz CT molecular complexity index is 708. The number of rotatable bonds is 4. The van der Waals surface area contributed by atoms with Crippen molar-refractivity contribution in [2.45, 2.75) is 38.5 Å². The van der Waals surface area contributed by atoms with Crippen LogP contribution in [0, 0.1) is 0 Å². The number of amides is 1. The van der Waals surface area contributed by atoms with Crippen LogP contribution in [0.15, 0.2) is 35.0 Å². The molecule has 4 rings (SSSR count). The maximum Gasteiger partial charge on any atom is 0.253 e. The van der Waals surface area contributed by atoms with Gasteiger partial charge in [-0.15, -0.1) is 0 Å². The van der Waals surface area contributed by atoms with Crippen molar-refractivity contribution < 1.29 is 9.53 Å². The molecule has 1 atom stereocenters. The average Bonchev–Trinajstić information content (AvgIpc) is 3.28. The fraction of sp³-hybridized carbons (Fsp3) is 0.421. The number of fused-ring (bicyclic) bond motifs is 1. The molecular formula is C19H22N2O2S. The zero-order valence-electron chi connectivity index (χ0n) is 13.7. The number of benzene rings is 1. The van der Waals surface area contributed by atoms with Gasteiger partial charge in [0.25, 0.3) is 5.91 Å². The highest BCUT2D eigenvalue weighted by molar-refractivity contribution is 7.07. The first-order chi connectivity index (χ1) is 11.8. The predicted octanol–water partition coefficient (Wildman–Crippen LogP) is 3.42. The number of carbonyl (C=O) groups is 1. The van der Waals surface area contributed by atoms with E-state index in [0.717, 1.165) is 44.6 Å². The number of ether oxygens (including phenoxy) is 1. The Morgan fingerprint density at radius 3 is 3.08 bits per heavy atom. The van der Waals surface area contributed by atoms with Crippen molar-refractivity contribution in [3.05, 3.63) is 51.7 Å². The molecule has 1 saturated heterocycles. The van der Waals surface area contributed by atoms with E-state index in [2.05, 4.69) is 39.2 Å². The molecule has 1 aromatic carbocycles. The van der Waals surface area contributed by atoms with E-state index in [0.29, 0.717) is 6.61 Å². The molecule has 0 bridgehead atoms. The smallest absolute Gasteiger partial charge is 0.253 e. The first-order valence-corrected chi connectivity index (χ1v) is 9.50. The van der Waals surface area contributed by atoms with Crippen molar-refractivity contribution in [1.29, 1.82) is 0 Å². The number of anilines is 1. The number of nitrogens with one attached hydrogen (secondary N) is 1. The van der Waals surface area contributed by atoms with Crippen LogP contribution in [0.1, 0.15) is 29.5 Å². The molecule has 126 valence electrons. The lowest BCUT2D eigenvalue weighted by Gasteiger charge is -2.29. The van der Waals surface area contributed by atoms with Crippen molar-refractivity contribution in [3.63, 3.8) is 0 Å². The van der Waals surface area contributed by atoms with Gasteiger partial charge in [-0.2, -0.15) is 11.3 Å². The number of hydrogen-bond donors (Lipinski definition) is 1. The molecule has 24 heavy (non-hydrogen) atoms. The number of carbonyl (C=O) groups excluding carboxylic acids is 1. The molecule has 2 aliphatic heterocycles. The molecule has 0 saturated carbocycles. The topological polar surface area (TPSA) is 41.6 Å². The van der Waals surface area contributed by atoms with E-state index in [1.807, 2.05) is 6.07 Å². The summed E-state index contributed by atoms with van der Waals surface area (Å²) in [5.74, 6) is -0.0154. The molecule has 3 heterocycles. The van der Waals surface area contributed by atoms with Crippen LogP contribution in [0.25, 0.3) is 0 Å². The van der Waals surface area contributed by atoms with Gasteiger partial charge in [0.1, 0.15) is 6.10 Å². The quantitative estimate of drug-likeness (QED) is 0.926. The van der Waals surface area contributed by atoms with Crippen molar-refractivity contribution in [3.8, 4) is 0 Å². The van der Waals surface area contributed by atoms with E-state index in [1.54, 1.807) is 11.3 Å². The number of hydrogen-bond acceptors (Lipinski definition) is 4. The monoisotopic (exact) mass is 342 g/mol. The zero-order chi connectivity index (χ0) is 16.4. The molecule has 2 aromatic rings. The fourth-order valence-electron chi connectivity index (χ4n) is 3.48. The van der Waals surface area contributed by atoms with E-state index < -0.39 is 0 Å².